The number of non-ortho nitro benzene ring substituents is 1. The number of azo groups is 1. The summed E-state index contributed by atoms with van der Waals surface area (Å²) in [4.78, 5) is 14.6. The van der Waals surface area contributed by atoms with Gasteiger partial charge in [-0.15, -0.1) is 16.5 Å². The third kappa shape index (κ3) is 3.49. The second-order valence-electron chi connectivity index (χ2n) is 4.73. The Hall–Kier alpha value is -2.87. The molecule has 23 heavy (non-hydrogen) atoms. The Bertz CT molecular complexity index is 825. The average Bonchev–Trinajstić information content (AvgIpc) is 3.24. The molecule has 3 rings (SSSR count). The topological polar surface area (TPSA) is 93.9 Å². The Kier molecular flexibility index (Phi) is 4.24. The van der Waals surface area contributed by atoms with Crippen molar-refractivity contribution >= 4 is 22.2 Å². The van der Waals surface area contributed by atoms with Gasteiger partial charge in [-0.2, -0.15) is 5.11 Å². The first kappa shape index (κ1) is 15.0. The lowest BCUT2D eigenvalue weighted by Gasteiger charge is -1.98. The zero-order valence-electron chi connectivity index (χ0n) is 12.1. The Morgan fingerprint density at radius 1 is 1.30 bits per heavy atom. The molecule has 0 saturated carbocycles. The molecule has 2 heterocycles. The number of hydrogen-bond donors (Lipinski definition) is 0. The van der Waals surface area contributed by atoms with Crippen LogP contribution < -0.4 is 0 Å². The van der Waals surface area contributed by atoms with Crippen LogP contribution in [0.15, 0.2) is 62.7 Å². The second kappa shape index (κ2) is 6.49. The SMILES string of the molecule is CC(N=Nc1nc(-c2ccc([N+](=O)[O-])cc2)cs1)c1ccco1. The van der Waals surface area contributed by atoms with E-state index >= 15 is 0 Å². The van der Waals surface area contributed by atoms with Crippen molar-refractivity contribution in [3.8, 4) is 11.3 Å². The summed E-state index contributed by atoms with van der Waals surface area (Å²) in [5, 5.41) is 21.3. The Morgan fingerprint density at radius 3 is 2.74 bits per heavy atom. The minimum Gasteiger partial charge on any atom is -0.467 e. The fraction of sp³-hybridized carbons (Fsp3) is 0.133. The van der Waals surface area contributed by atoms with Crippen LogP contribution in [0.25, 0.3) is 11.3 Å². The van der Waals surface area contributed by atoms with Crippen LogP contribution in [0.4, 0.5) is 10.8 Å². The highest BCUT2D eigenvalue weighted by Gasteiger charge is 2.09. The number of hydrogen-bond acceptors (Lipinski definition) is 7. The molecule has 2 aromatic heterocycles. The van der Waals surface area contributed by atoms with Crippen LogP contribution in [0, 0.1) is 10.1 Å². The molecule has 1 unspecified atom stereocenters. The maximum Gasteiger partial charge on any atom is 0.269 e. The standard InChI is InChI=1S/C15H12N4O3S/c1-10(14-3-2-8-22-14)17-18-15-16-13(9-23-15)11-4-6-12(7-5-11)19(20)21/h2-10H,1H3. The molecule has 8 heteroatoms. The molecule has 0 aliphatic carbocycles. The molecule has 0 amide bonds. The van der Waals surface area contributed by atoms with Crippen LogP contribution in [0.2, 0.25) is 0 Å². The van der Waals surface area contributed by atoms with Crippen LogP contribution in [-0.2, 0) is 0 Å². The molecule has 1 atom stereocenters. The van der Waals surface area contributed by atoms with Gasteiger partial charge in [0, 0.05) is 23.1 Å². The van der Waals surface area contributed by atoms with Crippen LogP contribution in [0.3, 0.4) is 0 Å². The van der Waals surface area contributed by atoms with E-state index in [-0.39, 0.29) is 11.7 Å². The first-order chi connectivity index (χ1) is 11.1. The summed E-state index contributed by atoms with van der Waals surface area (Å²) in [6.07, 6.45) is 1.59. The minimum absolute atomic E-state index is 0.0520. The highest BCUT2D eigenvalue weighted by molar-refractivity contribution is 7.13. The van der Waals surface area contributed by atoms with Gasteiger partial charge in [0.1, 0.15) is 11.8 Å². The third-order valence-corrected chi connectivity index (χ3v) is 3.86. The quantitative estimate of drug-likeness (QED) is 0.367. The van der Waals surface area contributed by atoms with E-state index in [2.05, 4.69) is 15.2 Å². The maximum absolute atomic E-state index is 10.7. The molecule has 0 radical (unpaired) electrons. The Morgan fingerprint density at radius 2 is 2.09 bits per heavy atom. The number of benzene rings is 1. The highest BCUT2D eigenvalue weighted by Crippen LogP contribution is 2.29. The second-order valence-corrected chi connectivity index (χ2v) is 5.56. The fourth-order valence-corrected chi connectivity index (χ4v) is 2.57. The van der Waals surface area contributed by atoms with E-state index < -0.39 is 4.92 Å². The number of nitro groups is 1. The summed E-state index contributed by atoms with van der Waals surface area (Å²) in [5.74, 6) is 0.737. The van der Waals surface area contributed by atoms with Crippen molar-refractivity contribution in [1.82, 2.24) is 4.98 Å². The van der Waals surface area contributed by atoms with Crippen molar-refractivity contribution in [2.45, 2.75) is 13.0 Å². The summed E-state index contributed by atoms with van der Waals surface area (Å²) in [5.41, 5.74) is 1.56. The van der Waals surface area contributed by atoms with Gasteiger partial charge in [-0.3, -0.25) is 10.1 Å². The van der Waals surface area contributed by atoms with Crippen molar-refractivity contribution in [2.75, 3.05) is 0 Å². The van der Waals surface area contributed by atoms with Gasteiger partial charge in [0.25, 0.3) is 5.69 Å². The number of aromatic nitrogens is 1. The largest absolute Gasteiger partial charge is 0.467 e. The van der Waals surface area contributed by atoms with Gasteiger partial charge >= 0.3 is 0 Å². The van der Waals surface area contributed by atoms with Gasteiger partial charge in [0.05, 0.1) is 16.9 Å². The van der Waals surface area contributed by atoms with Gasteiger partial charge in [-0.25, -0.2) is 4.98 Å². The lowest BCUT2D eigenvalue weighted by molar-refractivity contribution is -0.384. The van der Waals surface area contributed by atoms with Crippen molar-refractivity contribution in [2.24, 2.45) is 10.2 Å². The van der Waals surface area contributed by atoms with E-state index in [1.807, 2.05) is 18.4 Å². The van der Waals surface area contributed by atoms with Gasteiger partial charge in [-0.05, 0) is 31.2 Å². The molecular weight excluding hydrogens is 316 g/mol. The summed E-state index contributed by atoms with van der Waals surface area (Å²) in [6.45, 7) is 1.88. The molecule has 0 fully saturated rings. The van der Waals surface area contributed by atoms with Gasteiger partial charge in [0.15, 0.2) is 0 Å². The summed E-state index contributed by atoms with van der Waals surface area (Å²) < 4.78 is 5.26. The Balaban J connectivity index is 1.74. The smallest absolute Gasteiger partial charge is 0.269 e. The van der Waals surface area contributed by atoms with E-state index in [4.69, 9.17) is 4.42 Å². The zero-order chi connectivity index (χ0) is 16.2. The van der Waals surface area contributed by atoms with Crippen molar-refractivity contribution in [3.63, 3.8) is 0 Å². The minimum atomic E-state index is -0.430. The van der Waals surface area contributed by atoms with Crippen LogP contribution in [-0.4, -0.2) is 9.91 Å². The van der Waals surface area contributed by atoms with E-state index in [9.17, 15) is 10.1 Å². The summed E-state index contributed by atoms with van der Waals surface area (Å²) in [6, 6.07) is 9.70. The van der Waals surface area contributed by atoms with Crippen LogP contribution >= 0.6 is 11.3 Å². The molecular formula is C15H12N4O3S. The van der Waals surface area contributed by atoms with E-state index in [0.29, 0.717) is 10.8 Å². The number of rotatable bonds is 5. The monoisotopic (exact) mass is 328 g/mol. The van der Waals surface area contributed by atoms with E-state index in [0.717, 1.165) is 11.3 Å². The molecule has 0 aliphatic rings. The van der Waals surface area contributed by atoms with E-state index in [1.54, 1.807) is 24.5 Å². The van der Waals surface area contributed by atoms with Crippen molar-refractivity contribution in [1.29, 1.82) is 0 Å². The maximum atomic E-state index is 10.7. The Labute approximate surface area is 135 Å². The lowest BCUT2D eigenvalue weighted by atomic mass is 10.1. The van der Waals surface area contributed by atoms with Gasteiger partial charge in [-0.1, -0.05) is 0 Å². The van der Waals surface area contributed by atoms with E-state index in [1.165, 1.54) is 23.5 Å². The van der Waals surface area contributed by atoms with Gasteiger partial charge in [0.2, 0.25) is 5.13 Å². The lowest BCUT2D eigenvalue weighted by Crippen LogP contribution is -1.87. The predicted molar refractivity (Wildman–Crippen MR) is 85.8 cm³/mol. The van der Waals surface area contributed by atoms with Crippen LogP contribution in [0.5, 0.6) is 0 Å². The van der Waals surface area contributed by atoms with Gasteiger partial charge < -0.3 is 4.42 Å². The molecule has 3 aromatic rings. The highest BCUT2D eigenvalue weighted by atomic mass is 32.1. The zero-order valence-corrected chi connectivity index (χ0v) is 12.9. The number of furan rings is 1. The van der Waals surface area contributed by atoms with Crippen molar-refractivity contribution < 1.29 is 9.34 Å². The number of nitrogens with zero attached hydrogens (tertiary/aromatic N) is 4. The normalized spacial score (nSPS) is 12.6. The van der Waals surface area contributed by atoms with Crippen LogP contribution in [0.1, 0.15) is 18.7 Å². The third-order valence-electron chi connectivity index (χ3n) is 3.14. The predicted octanol–water partition coefficient (Wildman–Crippen LogP) is 5.16. The first-order valence-corrected chi connectivity index (χ1v) is 7.66. The summed E-state index contributed by atoms with van der Waals surface area (Å²) in [7, 11) is 0. The van der Waals surface area contributed by atoms with Crippen molar-refractivity contribution in [3.05, 3.63) is 63.9 Å². The fourth-order valence-electron chi connectivity index (χ4n) is 1.92. The molecule has 0 spiro atoms. The molecule has 0 N–H and O–H groups in total. The number of thiazole rings is 1. The summed E-state index contributed by atoms with van der Waals surface area (Å²) >= 11 is 1.36. The molecule has 0 saturated heterocycles. The molecule has 0 aliphatic heterocycles. The molecule has 116 valence electrons. The number of nitro benzene ring substituents is 1. The molecule has 7 nitrogen and oxygen atoms in total. The molecule has 1 aromatic carbocycles. The average molecular weight is 328 g/mol. The first-order valence-electron chi connectivity index (χ1n) is 6.78. The molecule has 0 bridgehead atoms.